The van der Waals surface area contributed by atoms with Gasteiger partial charge in [0, 0.05) is 29.4 Å². The van der Waals surface area contributed by atoms with E-state index in [0.29, 0.717) is 19.1 Å². The number of nitrogens with one attached hydrogen (secondary N) is 1. The number of rotatable bonds is 7. The number of carbonyl (C=O) groups excluding carboxylic acids is 1. The number of hydrogen-bond donors (Lipinski definition) is 1. The van der Waals surface area contributed by atoms with Gasteiger partial charge in [-0.05, 0) is 37.0 Å². The first-order chi connectivity index (χ1) is 9.47. The third-order valence-electron chi connectivity index (χ3n) is 2.96. The highest BCUT2D eigenvalue weighted by molar-refractivity contribution is 8.13. The Labute approximate surface area is 122 Å². The van der Waals surface area contributed by atoms with E-state index < -0.39 is 9.05 Å². The zero-order valence-electron chi connectivity index (χ0n) is 10.8. The first kappa shape index (κ1) is 15.3. The van der Waals surface area contributed by atoms with Crippen LogP contribution in [0.5, 0.6) is 0 Å². The molecule has 0 radical (unpaired) electrons. The fourth-order valence-corrected chi connectivity index (χ4v) is 2.46. The molecule has 1 amide bonds. The van der Waals surface area contributed by atoms with Gasteiger partial charge in [-0.25, -0.2) is 8.42 Å². The molecular weight excluding hydrogens is 302 g/mol. The molecule has 1 aliphatic carbocycles. The minimum absolute atomic E-state index is 0.0863. The van der Waals surface area contributed by atoms with E-state index >= 15 is 0 Å². The van der Waals surface area contributed by atoms with Crippen molar-refractivity contribution < 1.29 is 17.9 Å². The molecule has 2 rings (SSSR count). The predicted octanol–water partition coefficient (Wildman–Crippen LogP) is 1.77. The second-order valence-corrected chi connectivity index (χ2v) is 7.31. The molecule has 1 aliphatic rings. The molecule has 0 saturated heterocycles. The summed E-state index contributed by atoms with van der Waals surface area (Å²) >= 11 is 0. The number of carbonyl (C=O) groups is 1. The normalized spacial score (nSPS) is 15.1. The number of hydrogen-bond acceptors (Lipinski definition) is 4. The third-order valence-corrected chi connectivity index (χ3v) is 4.31. The van der Waals surface area contributed by atoms with Gasteiger partial charge in [-0.15, -0.1) is 0 Å². The van der Waals surface area contributed by atoms with Crippen LogP contribution < -0.4 is 5.32 Å². The maximum absolute atomic E-state index is 11.8. The van der Waals surface area contributed by atoms with Gasteiger partial charge in [0.25, 0.3) is 15.0 Å². The van der Waals surface area contributed by atoms with Gasteiger partial charge in [0.05, 0.1) is 11.5 Å². The number of benzene rings is 1. The summed E-state index contributed by atoms with van der Waals surface area (Å²) in [6.07, 6.45) is 2.46. The Hall–Kier alpha value is -1.11. The maximum atomic E-state index is 11.8. The lowest BCUT2D eigenvalue weighted by Gasteiger charge is -2.06. The number of amides is 1. The van der Waals surface area contributed by atoms with Crippen LogP contribution in [0.1, 0.15) is 23.2 Å². The molecule has 1 aromatic carbocycles. The predicted molar refractivity (Wildman–Crippen MR) is 75.4 cm³/mol. The molecule has 0 bridgehead atoms. The van der Waals surface area contributed by atoms with Gasteiger partial charge in [0.1, 0.15) is 0 Å². The molecule has 1 N–H and O–H groups in total. The average Bonchev–Trinajstić information content (AvgIpc) is 3.21. The van der Waals surface area contributed by atoms with Gasteiger partial charge in [0.15, 0.2) is 0 Å². The molecule has 1 saturated carbocycles. The van der Waals surface area contributed by atoms with Crippen LogP contribution in [0.25, 0.3) is 0 Å². The summed E-state index contributed by atoms with van der Waals surface area (Å²) in [6, 6.07) is 5.61. The smallest absolute Gasteiger partial charge is 0.261 e. The zero-order valence-corrected chi connectivity index (χ0v) is 12.4. The summed E-state index contributed by atoms with van der Waals surface area (Å²) in [7, 11) is 1.41. The molecule has 1 aromatic rings. The summed E-state index contributed by atoms with van der Waals surface area (Å²) in [5, 5.41) is 2.67. The van der Waals surface area contributed by atoms with Crippen LogP contribution in [0.15, 0.2) is 29.2 Å². The van der Waals surface area contributed by atoms with Crippen molar-refractivity contribution in [1.82, 2.24) is 5.32 Å². The van der Waals surface area contributed by atoms with Crippen molar-refractivity contribution in [2.75, 3.05) is 19.8 Å². The van der Waals surface area contributed by atoms with Gasteiger partial charge >= 0.3 is 0 Å². The second kappa shape index (κ2) is 6.56. The van der Waals surface area contributed by atoms with Crippen LogP contribution in [-0.4, -0.2) is 34.1 Å². The zero-order chi connectivity index (χ0) is 14.6. The molecule has 0 aromatic heterocycles. The van der Waals surface area contributed by atoms with Crippen molar-refractivity contribution in [3.8, 4) is 0 Å². The van der Waals surface area contributed by atoms with Crippen LogP contribution in [0.2, 0.25) is 0 Å². The van der Waals surface area contributed by atoms with E-state index in [9.17, 15) is 13.2 Å². The average molecular weight is 318 g/mol. The Kier molecular flexibility index (Phi) is 5.01. The third kappa shape index (κ3) is 4.77. The quantitative estimate of drug-likeness (QED) is 0.614. The first-order valence-corrected chi connectivity index (χ1v) is 8.68. The fourth-order valence-electron chi connectivity index (χ4n) is 1.66. The topological polar surface area (TPSA) is 72.5 Å². The van der Waals surface area contributed by atoms with Crippen molar-refractivity contribution in [2.24, 2.45) is 5.92 Å². The molecule has 0 spiro atoms. The van der Waals surface area contributed by atoms with Crippen LogP contribution in [0.3, 0.4) is 0 Å². The van der Waals surface area contributed by atoms with Gasteiger partial charge in [-0.3, -0.25) is 4.79 Å². The summed E-state index contributed by atoms with van der Waals surface area (Å²) in [5.74, 6) is 0.346. The first-order valence-electron chi connectivity index (χ1n) is 6.37. The van der Waals surface area contributed by atoms with E-state index in [1.165, 1.54) is 37.1 Å². The second-order valence-electron chi connectivity index (χ2n) is 4.74. The van der Waals surface area contributed by atoms with Gasteiger partial charge < -0.3 is 10.1 Å². The van der Waals surface area contributed by atoms with Crippen molar-refractivity contribution >= 4 is 25.6 Å². The van der Waals surface area contributed by atoms with E-state index in [-0.39, 0.29) is 16.4 Å². The summed E-state index contributed by atoms with van der Waals surface area (Å²) in [5.41, 5.74) is 0.258. The molecule has 0 aliphatic heterocycles. The Morgan fingerprint density at radius 1 is 1.40 bits per heavy atom. The van der Waals surface area contributed by atoms with E-state index in [2.05, 4.69) is 5.32 Å². The van der Waals surface area contributed by atoms with Gasteiger partial charge in [-0.1, -0.05) is 6.07 Å². The number of ether oxygens (including phenoxy) is 1. The SMILES string of the molecule is O=C(NCCOCC1CC1)c1cccc(S(=O)(=O)Cl)c1. The Balaban J connectivity index is 1.82. The van der Waals surface area contributed by atoms with Crippen LogP contribution in [-0.2, 0) is 13.8 Å². The Bertz CT molecular complexity index is 584. The number of halogens is 1. The minimum atomic E-state index is -3.82. The molecule has 20 heavy (non-hydrogen) atoms. The van der Waals surface area contributed by atoms with Crippen molar-refractivity contribution in [2.45, 2.75) is 17.7 Å². The molecule has 110 valence electrons. The lowest BCUT2D eigenvalue weighted by molar-refractivity contribution is 0.0906. The van der Waals surface area contributed by atoms with Gasteiger partial charge in [-0.2, -0.15) is 0 Å². The standard InChI is InChI=1S/C13H16ClNO4S/c14-20(17,18)12-3-1-2-11(8-12)13(16)15-6-7-19-9-10-4-5-10/h1-3,8,10H,4-7,9H2,(H,15,16). The minimum Gasteiger partial charge on any atom is -0.379 e. The van der Waals surface area contributed by atoms with Crippen LogP contribution in [0, 0.1) is 5.92 Å². The van der Waals surface area contributed by atoms with Crippen LogP contribution >= 0.6 is 10.7 Å². The highest BCUT2D eigenvalue weighted by atomic mass is 35.7. The Morgan fingerprint density at radius 3 is 2.80 bits per heavy atom. The molecule has 0 unspecified atom stereocenters. The summed E-state index contributed by atoms with van der Waals surface area (Å²) < 4.78 is 27.8. The fraction of sp³-hybridized carbons (Fsp3) is 0.462. The van der Waals surface area contributed by atoms with Gasteiger partial charge in [0.2, 0.25) is 0 Å². The molecule has 5 nitrogen and oxygen atoms in total. The van der Waals surface area contributed by atoms with E-state index in [1.807, 2.05) is 0 Å². The van der Waals surface area contributed by atoms with E-state index in [1.54, 1.807) is 0 Å². The molecule has 1 fully saturated rings. The van der Waals surface area contributed by atoms with Crippen molar-refractivity contribution in [3.63, 3.8) is 0 Å². The monoisotopic (exact) mass is 317 g/mol. The lowest BCUT2D eigenvalue weighted by atomic mass is 10.2. The lowest BCUT2D eigenvalue weighted by Crippen LogP contribution is -2.27. The molecule has 7 heteroatoms. The summed E-state index contributed by atoms with van der Waals surface area (Å²) in [4.78, 5) is 11.7. The highest BCUT2D eigenvalue weighted by Gasteiger charge is 2.20. The largest absolute Gasteiger partial charge is 0.379 e. The van der Waals surface area contributed by atoms with E-state index in [0.717, 1.165) is 6.61 Å². The summed E-state index contributed by atoms with van der Waals surface area (Å²) in [6.45, 7) is 1.59. The molecular formula is C13H16ClNO4S. The van der Waals surface area contributed by atoms with E-state index in [4.69, 9.17) is 15.4 Å². The molecule has 0 heterocycles. The molecule has 0 atom stereocenters. The van der Waals surface area contributed by atoms with Crippen LogP contribution in [0.4, 0.5) is 0 Å². The highest BCUT2D eigenvalue weighted by Crippen LogP contribution is 2.28. The van der Waals surface area contributed by atoms with Crippen molar-refractivity contribution in [3.05, 3.63) is 29.8 Å². The van der Waals surface area contributed by atoms with Crippen molar-refractivity contribution in [1.29, 1.82) is 0 Å². The Morgan fingerprint density at radius 2 is 2.15 bits per heavy atom. The maximum Gasteiger partial charge on any atom is 0.261 e.